The molecule has 2 atom stereocenters. The molecular weight excluding hydrogens is 388 g/mol. The van der Waals surface area contributed by atoms with Gasteiger partial charge >= 0.3 is 0 Å². The van der Waals surface area contributed by atoms with Crippen molar-refractivity contribution in [3.8, 4) is 0 Å². The van der Waals surface area contributed by atoms with Gasteiger partial charge in [-0.3, -0.25) is 4.90 Å². The van der Waals surface area contributed by atoms with Gasteiger partial charge in [0.05, 0.1) is 18.8 Å². The number of guanidine groups is 1. The zero-order valence-corrected chi connectivity index (χ0v) is 20.3. The first-order valence-electron chi connectivity index (χ1n) is 12.0. The van der Waals surface area contributed by atoms with Gasteiger partial charge < -0.3 is 20.5 Å². The highest BCUT2D eigenvalue weighted by Crippen LogP contribution is 2.29. The summed E-state index contributed by atoms with van der Waals surface area (Å²) in [4.78, 5) is 7.37. The summed E-state index contributed by atoms with van der Waals surface area (Å²) < 4.78 is 5.88. The van der Waals surface area contributed by atoms with Crippen LogP contribution in [0.4, 0.5) is 0 Å². The molecule has 0 radical (unpaired) electrons. The largest absolute Gasteiger partial charge is 0.396 e. The summed E-state index contributed by atoms with van der Waals surface area (Å²) in [6, 6.07) is 8.62. The third-order valence-corrected chi connectivity index (χ3v) is 6.53. The van der Waals surface area contributed by atoms with Gasteiger partial charge in [0.2, 0.25) is 0 Å². The van der Waals surface area contributed by atoms with Crippen molar-refractivity contribution in [3.05, 3.63) is 35.4 Å². The lowest BCUT2D eigenvalue weighted by Gasteiger charge is -2.35. The van der Waals surface area contributed by atoms with Gasteiger partial charge in [0.15, 0.2) is 5.96 Å². The summed E-state index contributed by atoms with van der Waals surface area (Å²) >= 11 is 0. The summed E-state index contributed by atoms with van der Waals surface area (Å²) in [7, 11) is 0. The minimum atomic E-state index is 0.104. The third kappa shape index (κ3) is 8.09. The Bertz CT molecular complexity index is 665. The van der Waals surface area contributed by atoms with E-state index >= 15 is 0 Å². The van der Waals surface area contributed by atoms with Crippen molar-refractivity contribution >= 4 is 5.96 Å². The first kappa shape index (κ1) is 25.6. The maximum Gasteiger partial charge on any atom is 0.191 e. The summed E-state index contributed by atoms with van der Waals surface area (Å²) in [5.74, 6) is 0.843. The second-order valence-corrected chi connectivity index (χ2v) is 8.95. The molecule has 3 N–H and O–H groups in total. The van der Waals surface area contributed by atoms with Crippen molar-refractivity contribution < 1.29 is 9.84 Å². The van der Waals surface area contributed by atoms with E-state index in [0.717, 1.165) is 57.9 Å². The number of aliphatic imine (C=N–C) groups is 1. The van der Waals surface area contributed by atoms with Crippen LogP contribution in [-0.4, -0.2) is 61.0 Å². The Labute approximate surface area is 189 Å². The monoisotopic (exact) mass is 432 g/mol. The molecule has 0 bridgehead atoms. The topological polar surface area (TPSA) is 69.1 Å². The quantitative estimate of drug-likeness (QED) is 0.369. The van der Waals surface area contributed by atoms with E-state index in [2.05, 4.69) is 74.4 Å². The molecule has 6 nitrogen and oxygen atoms in total. The third-order valence-electron chi connectivity index (χ3n) is 6.53. The Hall–Kier alpha value is -1.63. The fraction of sp³-hybridized carbons (Fsp3) is 0.720. The fourth-order valence-electron chi connectivity index (χ4n) is 4.48. The predicted octanol–water partition coefficient (Wildman–Crippen LogP) is 3.54. The number of benzene rings is 1. The van der Waals surface area contributed by atoms with Gasteiger partial charge in [-0.1, -0.05) is 38.1 Å². The van der Waals surface area contributed by atoms with E-state index in [4.69, 9.17) is 9.73 Å². The van der Waals surface area contributed by atoms with Crippen LogP contribution in [-0.2, 0) is 17.8 Å². The van der Waals surface area contributed by atoms with Gasteiger partial charge in [0.1, 0.15) is 0 Å². The number of ether oxygens (including phenoxy) is 1. The first-order chi connectivity index (χ1) is 14.9. The normalized spacial score (nSPS) is 20.6. The van der Waals surface area contributed by atoms with Crippen LogP contribution in [0.5, 0.6) is 0 Å². The Balaban J connectivity index is 2.07. The van der Waals surface area contributed by atoms with E-state index in [1.165, 1.54) is 11.1 Å². The van der Waals surface area contributed by atoms with Crippen molar-refractivity contribution in [3.63, 3.8) is 0 Å². The van der Waals surface area contributed by atoms with Crippen LogP contribution in [0.25, 0.3) is 0 Å². The number of aliphatic hydroxyl groups excluding tert-OH is 1. The molecule has 2 unspecified atom stereocenters. The lowest BCUT2D eigenvalue weighted by molar-refractivity contribution is -0.0705. The number of hydrogen-bond acceptors (Lipinski definition) is 4. The van der Waals surface area contributed by atoms with E-state index in [1.807, 2.05) is 0 Å². The highest BCUT2D eigenvalue weighted by Gasteiger charge is 2.26. The van der Waals surface area contributed by atoms with Gasteiger partial charge in [0.25, 0.3) is 0 Å². The summed E-state index contributed by atoms with van der Waals surface area (Å²) in [5.41, 5.74) is 2.70. The number of morpholine rings is 1. The van der Waals surface area contributed by atoms with Crippen LogP contribution in [0.15, 0.2) is 29.3 Å². The van der Waals surface area contributed by atoms with Crippen LogP contribution in [0.2, 0.25) is 0 Å². The maximum absolute atomic E-state index is 9.50. The molecule has 0 amide bonds. The van der Waals surface area contributed by atoms with Crippen LogP contribution in [0, 0.1) is 5.41 Å². The second-order valence-electron chi connectivity index (χ2n) is 8.95. The van der Waals surface area contributed by atoms with Crippen molar-refractivity contribution in [2.75, 3.05) is 32.8 Å². The molecule has 1 aromatic carbocycles. The molecule has 31 heavy (non-hydrogen) atoms. The number of nitrogens with one attached hydrogen (secondary N) is 2. The van der Waals surface area contributed by atoms with Crippen LogP contribution < -0.4 is 10.6 Å². The van der Waals surface area contributed by atoms with Crippen molar-refractivity contribution in [2.24, 2.45) is 10.4 Å². The molecule has 176 valence electrons. The lowest BCUT2D eigenvalue weighted by Crippen LogP contribution is -2.45. The van der Waals surface area contributed by atoms with E-state index < -0.39 is 0 Å². The van der Waals surface area contributed by atoms with Crippen molar-refractivity contribution in [1.29, 1.82) is 0 Å². The average Bonchev–Trinajstić information content (AvgIpc) is 2.75. The van der Waals surface area contributed by atoms with Gasteiger partial charge in [-0.05, 0) is 56.6 Å². The van der Waals surface area contributed by atoms with E-state index in [0.29, 0.717) is 6.54 Å². The minimum Gasteiger partial charge on any atom is -0.396 e. The molecule has 0 saturated carbocycles. The molecule has 1 heterocycles. The summed E-state index contributed by atoms with van der Waals surface area (Å²) in [6.07, 6.45) is 3.43. The van der Waals surface area contributed by atoms with Crippen molar-refractivity contribution in [1.82, 2.24) is 15.5 Å². The van der Waals surface area contributed by atoms with Crippen molar-refractivity contribution in [2.45, 2.75) is 79.2 Å². The summed E-state index contributed by atoms with van der Waals surface area (Å²) in [6.45, 7) is 16.2. The van der Waals surface area contributed by atoms with Gasteiger partial charge in [0, 0.05) is 39.3 Å². The van der Waals surface area contributed by atoms with Gasteiger partial charge in [-0.25, -0.2) is 4.99 Å². The van der Waals surface area contributed by atoms with Crippen LogP contribution in [0.1, 0.15) is 65.0 Å². The molecule has 1 aliphatic rings. The van der Waals surface area contributed by atoms with E-state index in [9.17, 15) is 5.11 Å². The average molecular weight is 433 g/mol. The zero-order valence-electron chi connectivity index (χ0n) is 20.3. The Morgan fingerprint density at radius 1 is 1.10 bits per heavy atom. The summed E-state index contributed by atoms with van der Waals surface area (Å²) in [5, 5.41) is 16.4. The maximum atomic E-state index is 9.50. The van der Waals surface area contributed by atoms with Gasteiger partial charge in [-0.2, -0.15) is 0 Å². The van der Waals surface area contributed by atoms with Gasteiger partial charge in [-0.15, -0.1) is 0 Å². The molecule has 1 aromatic rings. The zero-order chi connectivity index (χ0) is 22.7. The molecule has 0 aliphatic carbocycles. The SMILES string of the molecule is CCNC(=NCc1ccccc1CN1CC(C)OC(C)C1)NCC(CC)(CC)CCO. The molecule has 1 fully saturated rings. The second kappa shape index (κ2) is 13.0. The van der Waals surface area contributed by atoms with E-state index in [1.54, 1.807) is 0 Å². The van der Waals surface area contributed by atoms with Crippen LogP contribution >= 0.6 is 0 Å². The molecule has 6 heteroatoms. The van der Waals surface area contributed by atoms with E-state index in [-0.39, 0.29) is 24.2 Å². The molecule has 0 aromatic heterocycles. The Morgan fingerprint density at radius 3 is 2.32 bits per heavy atom. The highest BCUT2D eigenvalue weighted by atomic mass is 16.5. The highest BCUT2D eigenvalue weighted by molar-refractivity contribution is 5.79. The smallest absolute Gasteiger partial charge is 0.191 e. The Morgan fingerprint density at radius 2 is 1.74 bits per heavy atom. The fourth-order valence-corrected chi connectivity index (χ4v) is 4.48. The molecular formula is C25H44N4O2. The number of rotatable bonds is 11. The molecule has 1 aliphatic heterocycles. The predicted molar refractivity (Wildman–Crippen MR) is 129 cm³/mol. The standard InChI is InChI=1S/C25H44N4O2/c1-6-25(7-2,13-14-30)19-28-24(26-8-3)27-15-22-11-9-10-12-23(22)18-29-16-20(4)31-21(5)17-29/h9-12,20-21,30H,6-8,13-19H2,1-5H3,(H2,26,27,28). The minimum absolute atomic E-state index is 0.104. The Kier molecular flexibility index (Phi) is 10.8. The number of hydrogen-bond donors (Lipinski definition) is 3. The molecule has 2 rings (SSSR count). The molecule has 0 spiro atoms. The number of nitrogens with zero attached hydrogens (tertiary/aromatic N) is 2. The first-order valence-corrected chi connectivity index (χ1v) is 12.0. The lowest BCUT2D eigenvalue weighted by atomic mass is 9.79. The van der Waals surface area contributed by atoms with Crippen LogP contribution in [0.3, 0.4) is 0 Å². The number of aliphatic hydroxyl groups is 1. The molecule has 1 saturated heterocycles.